The molecule has 0 fully saturated rings. The van der Waals surface area contributed by atoms with E-state index in [1.165, 1.54) is 6.33 Å². The Morgan fingerprint density at radius 1 is 1.26 bits per heavy atom. The van der Waals surface area contributed by atoms with E-state index in [-0.39, 0.29) is 0 Å². The first-order valence-electron chi connectivity index (χ1n) is 5.62. The van der Waals surface area contributed by atoms with Crippen LogP contribution in [0.1, 0.15) is 5.56 Å². The Morgan fingerprint density at radius 3 is 3.00 bits per heavy atom. The molecule has 96 valence electrons. The molecule has 2 heterocycles. The molecule has 0 atom stereocenters. The zero-order valence-electron chi connectivity index (χ0n) is 9.84. The number of nitrogens with two attached hydrogens (primary N) is 1. The predicted octanol–water partition coefficient (Wildman–Crippen LogP) is 3.70. The van der Waals surface area contributed by atoms with Crippen LogP contribution in [0.25, 0.3) is 10.2 Å². The molecule has 2 N–H and O–H groups in total. The van der Waals surface area contributed by atoms with Crippen molar-refractivity contribution in [3.63, 3.8) is 0 Å². The number of thiophene rings is 1. The van der Waals surface area contributed by atoms with Crippen molar-refractivity contribution in [3.8, 4) is 11.6 Å². The highest BCUT2D eigenvalue weighted by Gasteiger charge is 2.10. The Labute approximate surface area is 122 Å². The second-order valence-corrected chi connectivity index (χ2v) is 5.70. The Bertz CT molecular complexity index is 729. The average Bonchev–Trinajstić information content (AvgIpc) is 2.90. The number of rotatable bonds is 3. The highest BCUT2D eigenvalue weighted by molar-refractivity contribution is 9.10. The molecule has 3 aromatic rings. The summed E-state index contributed by atoms with van der Waals surface area (Å²) in [5, 5.41) is 1.97. The van der Waals surface area contributed by atoms with Gasteiger partial charge in [0.25, 0.3) is 0 Å². The summed E-state index contributed by atoms with van der Waals surface area (Å²) < 4.78 is 7.80. The minimum absolute atomic E-state index is 0.410. The van der Waals surface area contributed by atoms with Gasteiger partial charge in [0.15, 0.2) is 0 Å². The highest BCUT2D eigenvalue weighted by Crippen LogP contribution is 2.32. The summed E-state index contributed by atoms with van der Waals surface area (Å²) in [4.78, 5) is 8.38. The van der Waals surface area contributed by atoms with E-state index in [1.807, 2.05) is 29.6 Å². The van der Waals surface area contributed by atoms with Crippen LogP contribution in [0.2, 0.25) is 0 Å². The van der Waals surface area contributed by atoms with E-state index in [2.05, 4.69) is 25.9 Å². The van der Waals surface area contributed by atoms with Gasteiger partial charge in [-0.15, -0.1) is 11.3 Å². The third-order valence-corrected chi connectivity index (χ3v) is 4.04. The van der Waals surface area contributed by atoms with Gasteiger partial charge < -0.3 is 10.5 Å². The summed E-state index contributed by atoms with van der Waals surface area (Å²) in [5.41, 5.74) is 7.55. The van der Waals surface area contributed by atoms with E-state index >= 15 is 0 Å². The van der Waals surface area contributed by atoms with Crippen LogP contribution in [0.5, 0.6) is 11.6 Å². The van der Waals surface area contributed by atoms with E-state index in [0.29, 0.717) is 12.4 Å². The molecule has 0 aliphatic rings. The minimum Gasteiger partial charge on any atom is -0.437 e. The first-order valence-corrected chi connectivity index (χ1v) is 7.30. The van der Waals surface area contributed by atoms with Gasteiger partial charge in [0, 0.05) is 16.6 Å². The highest BCUT2D eigenvalue weighted by atomic mass is 79.9. The van der Waals surface area contributed by atoms with Gasteiger partial charge in [-0.1, -0.05) is 15.9 Å². The van der Waals surface area contributed by atoms with Crippen molar-refractivity contribution in [2.75, 3.05) is 0 Å². The number of aromatic nitrogens is 2. The molecule has 3 rings (SSSR count). The molecule has 6 heteroatoms. The number of ether oxygens (including phenoxy) is 1. The lowest BCUT2D eigenvalue weighted by molar-refractivity contribution is 0.463. The zero-order chi connectivity index (χ0) is 13.2. The van der Waals surface area contributed by atoms with Crippen LogP contribution in [-0.4, -0.2) is 9.97 Å². The summed E-state index contributed by atoms with van der Waals surface area (Å²) in [6.45, 7) is 0.410. The van der Waals surface area contributed by atoms with E-state index in [1.54, 1.807) is 11.3 Å². The van der Waals surface area contributed by atoms with Crippen molar-refractivity contribution in [1.29, 1.82) is 0 Å². The molecule has 1 aromatic carbocycles. The molecule has 0 aliphatic heterocycles. The van der Waals surface area contributed by atoms with E-state index in [0.717, 1.165) is 26.0 Å². The molecule has 2 aromatic heterocycles. The topological polar surface area (TPSA) is 61.0 Å². The fourth-order valence-corrected chi connectivity index (χ4v) is 2.93. The van der Waals surface area contributed by atoms with Gasteiger partial charge >= 0.3 is 0 Å². The minimum atomic E-state index is 0.410. The van der Waals surface area contributed by atoms with Gasteiger partial charge in [-0.3, -0.25) is 0 Å². The van der Waals surface area contributed by atoms with E-state index in [9.17, 15) is 0 Å². The van der Waals surface area contributed by atoms with Crippen molar-refractivity contribution in [1.82, 2.24) is 9.97 Å². The van der Waals surface area contributed by atoms with Crippen LogP contribution in [0, 0.1) is 0 Å². The van der Waals surface area contributed by atoms with Crippen molar-refractivity contribution in [2.45, 2.75) is 6.54 Å². The Kier molecular flexibility index (Phi) is 3.46. The Morgan fingerprint density at radius 2 is 2.16 bits per heavy atom. The quantitative estimate of drug-likeness (QED) is 0.792. The molecule has 0 spiro atoms. The maximum atomic E-state index is 5.89. The average molecular weight is 336 g/mol. The molecule has 0 unspecified atom stereocenters. The van der Waals surface area contributed by atoms with Crippen LogP contribution in [0.4, 0.5) is 0 Å². The number of benzene rings is 1. The van der Waals surface area contributed by atoms with E-state index < -0.39 is 0 Å². The standard InChI is InChI=1S/C13H10BrN3OS/c14-9-1-2-11(8(5-9)6-15)18-13-12-10(3-4-19-12)16-7-17-13/h1-5,7H,6,15H2. The van der Waals surface area contributed by atoms with Crippen molar-refractivity contribution >= 4 is 37.5 Å². The second kappa shape index (κ2) is 5.24. The van der Waals surface area contributed by atoms with Gasteiger partial charge in [-0.25, -0.2) is 9.97 Å². The summed E-state index contributed by atoms with van der Waals surface area (Å²) in [6, 6.07) is 7.69. The Balaban J connectivity index is 2.03. The Hall–Kier alpha value is -1.50. The van der Waals surface area contributed by atoms with Crippen LogP contribution >= 0.6 is 27.3 Å². The number of nitrogens with zero attached hydrogens (tertiary/aromatic N) is 2. The summed E-state index contributed by atoms with van der Waals surface area (Å²) in [5.74, 6) is 1.29. The molecular formula is C13H10BrN3OS. The first-order chi connectivity index (χ1) is 9.28. The van der Waals surface area contributed by atoms with Crippen molar-refractivity contribution < 1.29 is 4.74 Å². The normalized spacial score (nSPS) is 10.8. The number of fused-ring (bicyclic) bond motifs is 1. The fraction of sp³-hybridized carbons (Fsp3) is 0.0769. The van der Waals surface area contributed by atoms with Gasteiger partial charge in [-0.05, 0) is 29.6 Å². The first kappa shape index (κ1) is 12.5. The molecule has 0 amide bonds. The molecule has 0 radical (unpaired) electrons. The van der Waals surface area contributed by atoms with Crippen LogP contribution in [0.15, 0.2) is 40.4 Å². The number of hydrogen-bond acceptors (Lipinski definition) is 5. The van der Waals surface area contributed by atoms with Crippen LogP contribution in [-0.2, 0) is 6.54 Å². The summed E-state index contributed by atoms with van der Waals surface area (Å²) in [7, 11) is 0. The van der Waals surface area contributed by atoms with E-state index in [4.69, 9.17) is 10.5 Å². The smallest absolute Gasteiger partial charge is 0.240 e. The molecule has 0 aliphatic carbocycles. The van der Waals surface area contributed by atoms with Gasteiger partial charge in [0.05, 0.1) is 5.52 Å². The largest absolute Gasteiger partial charge is 0.437 e. The lowest BCUT2D eigenvalue weighted by atomic mass is 10.2. The maximum Gasteiger partial charge on any atom is 0.240 e. The predicted molar refractivity (Wildman–Crippen MR) is 79.5 cm³/mol. The second-order valence-electron chi connectivity index (χ2n) is 3.87. The lowest BCUT2D eigenvalue weighted by Crippen LogP contribution is -2.00. The van der Waals surface area contributed by atoms with Crippen molar-refractivity contribution in [3.05, 3.63) is 46.0 Å². The van der Waals surface area contributed by atoms with Crippen LogP contribution in [0.3, 0.4) is 0 Å². The van der Waals surface area contributed by atoms with Crippen molar-refractivity contribution in [2.24, 2.45) is 5.73 Å². The third-order valence-electron chi connectivity index (χ3n) is 2.66. The number of halogens is 1. The maximum absolute atomic E-state index is 5.89. The molecule has 0 saturated heterocycles. The van der Waals surface area contributed by atoms with Gasteiger partial charge in [0.2, 0.25) is 5.88 Å². The number of hydrogen-bond donors (Lipinski definition) is 1. The lowest BCUT2D eigenvalue weighted by Gasteiger charge is -2.09. The SMILES string of the molecule is NCc1cc(Br)ccc1Oc1ncnc2ccsc12. The van der Waals surface area contributed by atoms with Crippen LogP contribution < -0.4 is 10.5 Å². The third kappa shape index (κ3) is 2.47. The summed E-state index contributed by atoms with van der Waals surface area (Å²) in [6.07, 6.45) is 1.51. The zero-order valence-corrected chi connectivity index (χ0v) is 12.2. The van der Waals surface area contributed by atoms with Gasteiger partial charge in [-0.2, -0.15) is 0 Å². The monoisotopic (exact) mass is 335 g/mol. The molecule has 19 heavy (non-hydrogen) atoms. The molecule has 4 nitrogen and oxygen atoms in total. The summed E-state index contributed by atoms with van der Waals surface area (Å²) >= 11 is 4.98. The molecular weight excluding hydrogens is 326 g/mol. The van der Waals surface area contributed by atoms with Gasteiger partial charge in [0.1, 0.15) is 16.8 Å². The fourth-order valence-electron chi connectivity index (χ4n) is 1.75. The molecule has 0 saturated carbocycles. The molecule has 0 bridgehead atoms.